The van der Waals surface area contributed by atoms with Gasteiger partial charge < -0.3 is 15.4 Å². The Morgan fingerprint density at radius 2 is 1.83 bits per heavy atom. The first-order valence-corrected chi connectivity index (χ1v) is 9.67. The first-order chi connectivity index (χ1) is 14.6. The molecular formula is C24H22N4O2. The molecule has 0 unspecified atom stereocenters. The van der Waals surface area contributed by atoms with E-state index in [2.05, 4.69) is 26.5 Å². The topological polar surface area (TPSA) is 76.1 Å². The molecule has 1 aliphatic rings. The summed E-state index contributed by atoms with van der Waals surface area (Å²) in [7, 11) is 3.35. The van der Waals surface area contributed by atoms with Crippen LogP contribution in [0, 0.1) is 12.3 Å². The summed E-state index contributed by atoms with van der Waals surface area (Å²) in [6, 6.07) is 15.5. The third kappa shape index (κ3) is 3.70. The summed E-state index contributed by atoms with van der Waals surface area (Å²) in [5.41, 5.74) is 3.99. The highest BCUT2D eigenvalue weighted by Crippen LogP contribution is 2.46. The van der Waals surface area contributed by atoms with Crippen LogP contribution in [0.4, 0.5) is 5.82 Å². The molecule has 1 aromatic heterocycles. The van der Waals surface area contributed by atoms with Crippen molar-refractivity contribution in [2.24, 2.45) is 0 Å². The zero-order valence-electron chi connectivity index (χ0n) is 16.9. The number of ether oxygens (including phenoxy) is 1. The number of amides is 1. The molecule has 0 radical (unpaired) electrons. The summed E-state index contributed by atoms with van der Waals surface area (Å²) < 4.78 is 5.09. The number of terminal acetylenes is 1. The monoisotopic (exact) mass is 398 g/mol. The molecule has 0 bridgehead atoms. The van der Waals surface area contributed by atoms with Crippen LogP contribution in [0.15, 0.2) is 54.7 Å². The average Bonchev–Trinajstić information content (AvgIpc) is 3.59. The number of hydrogen-bond donors (Lipinski definition) is 2. The van der Waals surface area contributed by atoms with Crippen molar-refractivity contribution in [2.45, 2.75) is 18.4 Å². The Balaban J connectivity index is 1.54. The van der Waals surface area contributed by atoms with Gasteiger partial charge in [-0.05, 0) is 48.2 Å². The summed E-state index contributed by atoms with van der Waals surface area (Å²) in [6.07, 6.45) is 8.94. The number of rotatable bonds is 6. The lowest BCUT2D eigenvalue weighted by Crippen LogP contribution is -2.34. The fourth-order valence-corrected chi connectivity index (χ4v) is 3.45. The molecule has 2 aromatic carbocycles. The third-order valence-corrected chi connectivity index (χ3v) is 5.35. The number of methoxy groups -OCH3 is 1. The highest BCUT2D eigenvalue weighted by atomic mass is 16.5. The SMILES string of the molecule is C#Cc1ccc(C(=O)NC2(c3ccc(-c4cnc(OC)nc4NC)cc3)CC2)cc1. The van der Waals surface area contributed by atoms with Gasteiger partial charge in [0.05, 0.1) is 12.6 Å². The molecule has 1 aliphatic carbocycles. The lowest BCUT2D eigenvalue weighted by atomic mass is 9.99. The van der Waals surface area contributed by atoms with E-state index >= 15 is 0 Å². The van der Waals surface area contributed by atoms with Gasteiger partial charge >= 0.3 is 6.01 Å². The predicted molar refractivity (Wildman–Crippen MR) is 116 cm³/mol. The lowest BCUT2D eigenvalue weighted by molar-refractivity contribution is 0.0931. The molecule has 1 fully saturated rings. The molecule has 0 aliphatic heterocycles. The van der Waals surface area contributed by atoms with E-state index in [1.807, 2.05) is 31.3 Å². The molecule has 3 aromatic rings. The highest BCUT2D eigenvalue weighted by Gasteiger charge is 2.45. The van der Waals surface area contributed by atoms with Crippen molar-refractivity contribution >= 4 is 11.7 Å². The van der Waals surface area contributed by atoms with Crippen molar-refractivity contribution in [1.29, 1.82) is 0 Å². The minimum absolute atomic E-state index is 0.0961. The zero-order chi connectivity index (χ0) is 21.1. The van der Waals surface area contributed by atoms with Gasteiger partial charge in [-0.3, -0.25) is 4.79 Å². The molecular weight excluding hydrogens is 376 g/mol. The van der Waals surface area contributed by atoms with Gasteiger partial charge in [-0.25, -0.2) is 4.98 Å². The van der Waals surface area contributed by atoms with Gasteiger partial charge in [-0.15, -0.1) is 6.42 Å². The van der Waals surface area contributed by atoms with Crippen LogP contribution in [0.2, 0.25) is 0 Å². The Morgan fingerprint density at radius 1 is 1.13 bits per heavy atom. The second-order valence-corrected chi connectivity index (χ2v) is 7.20. The molecule has 150 valence electrons. The quantitative estimate of drug-likeness (QED) is 0.621. The molecule has 2 N–H and O–H groups in total. The van der Waals surface area contributed by atoms with Gasteiger partial charge in [0.1, 0.15) is 5.82 Å². The van der Waals surface area contributed by atoms with Gasteiger partial charge in [0, 0.05) is 29.9 Å². The number of carbonyl (C=O) groups is 1. The maximum atomic E-state index is 12.7. The summed E-state index contributed by atoms with van der Waals surface area (Å²) in [4.78, 5) is 21.3. The molecule has 6 nitrogen and oxygen atoms in total. The maximum Gasteiger partial charge on any atom is 0.318 e. The van der Waals surface area contributed by atoms with E-state index in [-0.39, 0.29) is 11.4 Å². The van der Waals surface area contributed by atoms with Gasteiger partial charge in [0.25, 0.3) is 5.91 Å². The number of nitrogens with one attached hydrogen (secondary N) is 2. The normalized spacial score (nSPS) is 13.8. The van der Waals surface area contributed by atoms with Crippen LogP contribution < -0.4 is 15.4 Å². The summed E-state index contributed by atoms with van der Waals surface area (Å²) in [5, 5.41) is 6.27. The fraction of sp³-hybridized carbons (Fsp3) is 0.208. The number of nitrogens with zero attached hydrogens (tertiary/aromatic N) is 2. The van der Waals surface area contributed by atoms with E-state index in [0.717, 1.165) is 35.1 Å². The number of anilines is 1. The Morgan fingerprint density at radius 3 is 2.40 bits per heavy atom. The Kier molecular flexibility index (Phi) is 5.11. The van der Waals surface area contributed by atoms with E-state index < -0.39 is 0 Å². The molecule has 1 heterocycles. The molecule has 6 heteroatoms. The summed E-state index contributed by atoms with van der Waals surface area (Å²) in [5.74, 6) is 3.16. The van der Waals surface area contributed by atoms with E-state index in [1.54, 1.807) is 30.5 Å². The van der Waals surface area contributed by atoms with Crippen molar-refractivity contribution in [1.82, 2.24) is 15.3 Å². The highest BCUT2D eigenvalue weighted by molar-refractivity contribution is 5.95. The zero-order valence-corrected chi connectivity index (χ0v) is 16.9. The molecule has 4 rings (SSSR count). The van der Waals surface area contributed by atoms with E-state index in [9.17, 15) is 4.79 Å². The minimum Gasteiger partial charge on any atom is -0.467 e. The molecule has 0 saturated heterocycles. The number of carbonyl (C=O) groups excluding carboxylic acids is 1. The van der Waals surface area contributed by atoms with Crippen LogP contribution in [0.25, 0.3) is 11.1 Å². The minimum atomic E-state index is -0.317. The van der Waals surface area contributed by atoms with Crippen LogP contribution in [0.3, 0.4) is 0 Å². The molecule has 30 heavy (non-hydrogen) atoms. The van der Waals surface area contributed by atoms with Crippen molar-refractivity contribution in [3.05, 3.63) is 71.4 Å². The average molecular weight is 398 g/mol. The van der Waals surface area contributed by atoms with Crippen molar-refractivity contribution < 1.29 is 9.53 Å². The van der Waals surface area contributed by atoms with Crippen LogP contribution in [0.1, 0.15) is 34.3 Å². The van der Waals surface area contributed by atoms with Gasteiger partial charge in [-0.1, -0.05) is 30.2 Å². The van der Waals surface area contributed by atoms with Crippen molar-refractivity contribution in [2.75, 3.05) is 19.5 Å². The second-order valence-electron chi connectivity index (χ2n) is 7.20. The van der Waals surface area contributed by atoms with Gasteiger partial charge in [0.2, 0.25) is 0 Å². The predicted octanol–water partition coefficient (Wildman–Crippen LogP) is 3.59. The smallest absolute Gasteiger partial charge is 0.318 e. The standard InChI is InChI=1S/C24H22N4O2/c1-4-16-5-7-18(8-6-16)22(29)28-24(13-14-24)19-11-9-17(10-12-19)20-15-26-23(30-3)27-21(20)25-2/h1,5-12,15H,13-14H2,2-3H3,(H,28,29)(H,25,26,27). The van der Waals surface area contributed by atoms with Crippen molar-refractivity contribution in [3.63, 3.8) is 0 Å². The van der Waals surface area contributed by atoms with Crippen LogP contribution in [0.5, 0.6) is 6.01 Å². The molecule has 0 spiro atoms. The summed E-state index contributed by atoms with van der Waals surface area (Å²) in [6.45, 7) is 0. The summed E-state index contributed by atoms with van der Waals surface area (Å²) >= 11 is 0. The van der Waals surface area contributed by atoms with Crippen molar-refractivity contribution in [3.8, 4) is 29.5 Å². The molecule has 1 saturated carbocycles. The van der Waals surface area contributed by atoms with E-state index in [0.29, 0.717) is 17.4 Å². The number of benzene rings is 2. The number of hydrogen-bond acceptors (Lipinski definition) is 5. The first-order valence-electron chi connectivity index (χ1n) is 9.67. The molecule has 1 amide bonds. The largest absolute Gasteiger partial charge is 0.467 e. The van der Waals surface area contributed by atoms with E-state index in [1.165, 1.54) is 7.11 Å². The Labute approximate surface area is 175 Å². The van der Waals surface area contributed by atoms with Crippen LogP contribution >= 0.6 is 0 Å². The lowest BCUT2D eigenvalue weighted by Gasteiger charge is -2.19. The molecule has 0 atom stereocenters. The first kappa shape index (κ1) is 19.5. The van der Waals surface area contributed by atoms with Gasteiger partial charge in [-0.2, -0.15) is 4.98 Å². The number of aromatic nitrogens is 2. The third-order valence-electron chi connectivity index (χ3n) is 5.35. The van der Waals surface area contributed by atoms with E-state index in [4.69, 9.17) is 11.2 Å². The Bertz CT molecular complexity index is 1110. The maximum absolute atomic E-state index is 12.7. The Hall–Kier alpha value is -3.85. The van der Waals surface area contributed by atoms with Gasteiger partial charge in [0.15, 0.2) is 0 Å². The van der Waals surface area contributed by atoms with Crippen LogP contribution in [-0.4, -0.2) is 30.0 Å². The van der Waals surface area contributed by atoms with Crippen LogP contribution in [-0.2, 0) is 5.54 Å². The second kappa shape index (κ2) is 7.88. The fourth-order valence-electron chi connectivity index (χ4n) is 3.45.